The summed E-state index contributed by atoms with van der Waals surface area (Å²) in [5.41, 5.74) is 4.11. The number of aromatic nitrogens is 2. The van der Waals surface area contributed by atoms with Crippen molar-refractivity contribution in [2.45, 2.75) is 26.9 Å². The summed E-state index contributed by atoms with van der Waals surface area (Å²) >= 11 is 0. The van der Waals surface area contributed by atoms with Crippen LogP contribution >= 0.6 is 0 Å². The second kappa shape index (κ2) is 10.3. The minimum absolute atomic E-state index is 0.527. The summed E-state index contributed by atoms with van der Waals surface area (Å²) in [6, 6.07) is 15.9. The molecule has 2 aromatic carbocycles. The van der Waals surface area contributed by atoms with Gasteiger partial charge in [0.15, 0.2) is 5.96 Å². The monoisotopic (exact) mass is 407 g/mol. The molecule has 2 N–H and O–H groups in total. The van der Waals surface area contributed by atoms with Crippen LogP contribution in [0.15, 0.2) is 59.7 Å². The van der Waals surface area contributed by atoms with Crippen molar-refractivity contribution in [3.8, 4) is 17.2 Å². The minimum Gasteiger partial charge on any atom is -0.497 e. The molecule has 0 unspecified atom stereocenters. The number of hydrogen-bond acceptors (Lipinski definition) is 4. The Hall–Kier alpha value is -3.48. The maximum atomic E-state index is 5.48. The molecule has 30 heavy (non-hydrogen) atoms. The van der Waals surface area contributed by atoms with Gasteiger partial charge in [0.05, 0.1) is 38.7 Å². The van der Waals surface area contributed by atoms with Crippen molar-refractivity contribution in [2.24, 2.45) is 4.99 Å². The molecule has 0 aliphatic carbocycles. The number of nitrogens with one attached hydrogen (secondary N) is 2. The highest BCUT2D eigenvalue weighted by Gasteiger charge is 2.06. The summed E-state index contributed by atoms with van der Waals surface area (Å²) in [5, 5.41) is 11.2. The molecule has 0 fully saturated rings. The van der Waals surface area contributed by atoms with Gasteiger partial charge in [-0.2, -0.15) is 5.10 Å². The van der Waals surface area contributed by atoms with Crippen molar-refractivity contribution in [2.75, 3.05) is 20.8 Å². The van der Waals surface area contributed by atoms with Gasteiger partial charge >= 0.3 is 0 Å². The smallest absolute Gasteiger partial charge is 0.191 e. The van der Waals surface area contributed by atoms with E-state index in [2.05, 4.69) is 32.9 Å². The SMILES string of the molecule is CCNC(=NCc1ccc(C)cc1OC)NCc1ccn(-c2ccc(OC)cc2)n1. The van der Waals surface area contributed by atoms with E-state index in [0.717, 1.165) is 46.5 Å². The van der Waals surface area contributed by atoms with Crippen LogP contribution < -0.4 is 20.1 Å². The zero-order chi connectivity index (χ0) is 21.3. The number of aliphatic imine (C=N–C) groups is 1. The molecule has 0 aliphatic heterocycles. The summed E-state index contributed by atoms with van der Waals surface area (Å²) in [5.74, 6) is 2.41. The topological polar surface area (TPSA) is 72.7 Å². The molecule has 0 spiro atoms. The van der Waals surface area contributed by atoms with E-state index < -0.39 is 0 Å². The molecule has 0 saturated heterocycles. The molecule has 0 bridgehead atoms. The van der Waals surface area contributed by atoms with Crippen molar-refractivity contribution in [1.29, 1.82) is 0 Å². The lowest BCUT2D eigenvalue weighted by molar-refractivity contribution is 0.409. The third-order valence-corrected chi connectivity index (χ3v) is 4.61. The molecule has 7 nitrogen and oxygen atoms in total. The van der Waals surface area contributed by atoms with Crippen LogP contribution in [0, 0.1) is 6.92 Å². The Kier molecular flexibility index (Phi) is 7.32. The molecule has 7 heteroatoms. The highest BCUT2D eigenvalue weighted by atomic mass is 16.5. The Morgan fingerprint density at radius 3 is 2.53 bits per heavy atom. The van der Waals surface area contributed by atoms with Gasteiger partial charge in [0.1, 0.15) is 11.5 Å². The lowest BCUT2D eigenvalue weighted by atomic mass is 10.1. The fraction of sp³-hybridized carbons (Fsp3) is 0.304. The Morgan fingerprint density at radius 2 is 1.83 bits per heavy atom. The predicted molar refractivity (Wildman–Crippen MR) is 120 cm³/mol. The Morgan fingerprint density at radius 1 is 1.03 bits per heavy atom. The lowest BCUT2D eigenvalue weighted by Gasteiger charge is -2.12. The number of rotatable bonds is 8. The molecular weight excluding hydrogens is 378 g/mol. The minimum atomic E-state index is 0.527. The van der Waals surface area contributed by atoms with Crippen LogP contribution in [0.4, 0.5) is 0 Å². The van der Waals surface area contributed by atoms with Crippen LogP contribution in [0.5, 0.6) is 11.5 Å². The molecule has 1 aromatic heterocycles. The fourth-order valence-electron chi connectivity index (χ4n) is 3.00. The van der Waals surface area contributed by atoms with Crippen LogP contribution in [-0.4, -0.2) is 36.5 Å². The lowest BCUT2D eigenvalue weighted by Crippen LogP contribution is -2.36. The Balaban J connectivity index is 1.64. The average Bonchev–Trinajstić information content (AvgIpc) is 3.25. The molecule has 3 aromatic rings. The summed E-state index contributed by atoms with van der Waals surface area (Å²) in [6.07, 6.45) is 1.94. The number of methoxy groups -OCH3 is 2. The highest BCUT2D eigenvalue weighted by molar-refractivity contribution is 5.79. The quantitative estimate of drug-likeness (QED) is 0.442. The van der Waals surface area contributed by atoms with Crippen LogP contribution in [-0.2, 0) is 13.1 Å². The van der Waals surface area contributed by atoms with Gasteiger partial charge in [0.2, 0.25) is 0 Å². The first-order chi connectivity index (χ1) is 14.6. The molecule has 0 radical (unpaired) electrons. The van der Waals surface area contributed by atoms with E-state index in [4.69, 9.17) is 9.47 Å². The van der Waals surface area contributed by atoms with Gasteiger partial charge in [-0.25, -0.2) is 9.67 Å². The molecule has 1 heterocycles. The van der Waals surface area contributed by atoms with E-state index in [-0.39, 0.29) is 0 Å². The van der Waals surface area contributed by atoms with Crippen LogP contribution in [0.1, 0.15) is 23.7 Å². The maximum absolute atomic E-state index is 5.48. The van der Waals surface area contributed by atoms with E-state index in [0.29, 0.717) is 13.1 Å². The molecule has 0 saturated carbocycles. The highest BCUT2D eigenvalue weighted by Crippen LogP contribution is 2.20. The van der Waals surface area contributed by atoms with Gasteiger partial charge in [-0.15, -0.1) is 0 Å². The summed E-state index contributed by atoms with van der Waals surface area (Å²) in [4.78, 5) is 4.69. The van der Waals surface area contributed by atoms with Gasteiger partial charge < -0.3 is 20.1 Å². The second-order valence-electron chi connectivity index (χ2n) is 6.81. The standard InChI is InChI=1S/C23H29N5O2/c1-5-24-23(25-15-18-7-6-17(2)14-22(18)30-4)26-16-19-12-13-28(27-19)20-8-10-21(29-3)11-9-20/h6-14H,5,15-16H2,1-4H3,(H2,24,25,26). The zero-order valence-corrected chi connectivity index (χ0v) is 18.0. The largest absolute Gasteiger partial charge is 0.497 e. The van der Waals surface area contributed by atoms with Crippen LogP contribution in [0.3, 0.4) is 0 Å². The average molecular weight is 408 g/mol. The van der Waals surface area contributed by atoms with Gasteiger partial charge in [0.25, 0.3) is 0 Å². The second-order valence-corrected chi connectivity index (χ2v) is 6.81. The first-order valence-corrected chi connectivity index (χ1v) is 9.97. The van der Waals surface area contributed by atoms with Gasteiger partial charge in [0, 0.05) is 18.3 Å². The number of nitrogens with zero attached hydrogens (tertiary/aromatic N) is 3. The predicted octanol–water partition coefficient (Wildman–Crippen LogP) is 3.45. The maximum Gasteiger partial charge on any atom is 0.191 e. The van der Waals surface area contributed by atoms with Crippen molar-refractivity contribution in [3.05, 3.63) is 71.5 Å². The first kappa shape index (κ1) is 21.2. The van der Waals surface area contributed by atoms with Crippen LogP contribution in [0.25, 0.3) is 5.69 Å². The Bertz CT molecular complexity index is 980. The number of benzene rings is 2. The summed E-state index contributed by atoms with van der Waals surface area (Å²) in [7, 11) is 3.34. The number of ether oxygens (including phenoxy) is 2. The molecular formula is C23H29N5O2. The number of guanidine groups is 1. The van der Waals surface area contributed by atoms with Crippen molar-refractivity contribution in [1.82, 2.24) is 20.4 Å². The van der Waals surface area contributed by atoms with Gasteiger partial charge in [-0.3, -0.25) is 0 Å². The fourth-order valence-corrected chi connectivity index (χ4v) is 3.00. The molecule has 0 aliphatic rings. The molecule has 0 atom stereocenters. The van der Waals surface area contributed by atoms with E-state index in [1.807, 2.05) is 61.1 Å². The van der Waals surface area contributed by atoms with Crippen LogP contribution in [0.2, 0.25) is 0 Å². The number of hydrogen-bond donors (Lipinski definition) is 2. The van der Waals surface area contributed by atoms with E-state index in [9.17, 15) is 0 Å². The molecule has 0 amide bonds. The summed E-state index contributed by atoms with van der Waals surface area (Å²) < 4.78 is 12.5. The van der Waals surface area contributed by atoms with E-state index in [1.165, 1.54) is 0 Å². The van der Waals surface area contributed by atoms with Gasteiger partial charge in [-0.1, -0.05) is 12.1 Å². The third-order valence-electron chi connectivity index (χ3n) is 4.61. The Labute approximate surface area is 177 Å². The van der Waals surface area contributed by atoms with E-state index >= 15 is 0 Å². The normalized spacial score (nSPS) is 11.3. The van der Waals surface area contributed by atoms with Crippen molar-refractivity contribution >= 4 is 5.96 Å². The molecule has 3 rings (SSSR count). The molecule has 158 valence electrons. The summed E-state index contributed by atoms with van der Waals surface area (Å²) in [6.45, 7) is 5.96. The number of aryl methyl sites for hydroxylation is 1. The zero-order valence-electron chi connectivity index (χ0n) is 18.0. The first-order valence-electron chi connectivity index (χ1n) is 9.97. The van der Waals surface area contributed by atoms with E-state index in [1.54, 1.807) is 14.2 Å². The van der Waals surface area contributed by atoms with Gasteiger partial charge in [-0.05, 0) is 55.8 Å². The van der Waals surface area contributed by atoms with Crippen molar-refractivity contribution in [3.63, 3.8) is 0 Å². The third kappa shape index (κ3) is 5.53. The van der Waals surface area contributed by atoms with Crippen molar-refractivity contribution < 1.29 is 9.47 Å².